The Bertz CT molecular complexity index is 1100. The zero-order chi connectivity index (χ0) is 20.1. The fraction of sp³-hybridized carbons (Fsp3) is 0.364. The van der Waals surface area contributed by atoms with Crippen LogP contribution in [0, 0.1) is 12.8 Å². The first-order chi connectivity index (χ1) is 14.0. The van der Waals surface area contributed by atoms with Gasteiger partial charge in [0.2, 0.25) is 0 Å². The molecule has 1 N–H and O–H groups in total. The Morgan fingerprint density at radius 1 is 1.17 bits per heavy atom. The van der Waals surface area contributed by atoms with Crippen molar-refractivity contribution in [2.75, 3.05) is 13.1 Å². The van der Waals surface area contributed by atoms with Crippen LogP contribution in [0.5, 0.6) is 0 Å². The maximum atomic E-state index is 13.5. The molecule has 2 aromatic heterocycles. The predicted octanol–water partition coefficient (Wildman–Crippen LogP) is 3.35. The molecular weight excluding hydrogens is 370 g/mol. The average Bonchev–Trinajstić information content (AvgIpc) is 3.38. The van der Waals surface area contributed by atoms with Crippen LogP contribution < -0.4 is 0 Å². The molecule has 1 aromatic carbocycles. The lowest BCUT2D eigenvalue weighted by atomic mass is 9.89. The number of aliphatic carboxylic acids is 1. The van der Waals surface area contributed by atoms with Crippen molar-refractivity contribution >= 4 is 23.0 Å². The Labute approximate surface area is 167 Å². The third-order valence-corrected chi connectivity index (χ3v) is 6.01. The second-order valence-corrected chi connectivity index (χ2v) is 7.99. The highest BCUT2D eigenvalue weighted by atomic mass is 16.5. The molecular formula is C22H21N3O4. The van der Waals surface area contributed by atoms with E-state index in [1.807, 2.05) is 36.4 Å². The number of rotatable bonds is 4. The van der Waals surface area contributed by atoms with Gasteiger partial charge in [-0.05, 0) is 31.4 Å². The SMILES string of the molecule is Cc1noc2nc(C3CC3)cc(C(=O)N3C[C@H](C(=O)O)[C@@H](c4ccccc4)C3)c12. The Balaban J connectivity index is 1.52. The van der Waals surface area contributed by atoms with Crippen molar-refractivity contribution in [2.24, 2.45) is 5.92 Å². The number of aromatic nitrogens is 2. The molecule has 7 nitrogen and oxygen atoms in total. The Kier molecular flexibility index (Phi) is 4.12. The van der Waals surface area contributed by atoms with Crippen LogP contribution in [0.25, 0.3) is 11.1 Å². The molecule has 29 heavy (non-hydrogen) atoms. The highest BCUT2D eigenvalue weighted by Crippen LogP contribution is 2.41. The van der Waals surface area contributed by atoms with E-state index in [0.29, 0.717) is 34.8 Å². The third-order valence-electron chi connectivity index (χ3n) is 6.01. The number of hydrogen-bond acceptors (Lipinski definition) is 5. The van der Waals surface area contributed by atoms with E-state index in [0.717, 1.165) is 24.1 Å². The van der Waals surface area contributed by atoms with Gasteiger partial charge in [-0.15, -0.1) is 0 Å². The number of amides is 1. The van der Waals surface area contributed by atoms with Gasteiger partial charge in [-0.1, -0.05) is 35.5 Å². The summed E-state index contributed by atoms with van der Waals surface area (Å²) in [5.74, 6) is -1.57. The van der Waals surface area contributed by atoms with Gasteiger partial charge in [0.05, 0.1) is 22.6 Å². The summed E-state index contributed by atoms with van der Waals surface area (Å²) >= 11 is 0. The molecule has 0 radical (unpaired) electrons. The third kappa shape index (κ3) is 3.06. The topological polar surface area (TPSA) is 96.5 Å². The maximum Gasteiger partial charge on any atom is 0.308 e. The number of hydrogen-bond donors (Lipinski definition) is 1. The van der Waals surface area contributed by atoms with E-state index in [2.05, 4.69) is 10.1 Å². The molecule has 7 heteroatoms. The molecule has 2 aliphatic rings. The van der Waals surface area contributed by atoms with E-state index < -0.39 is 11.9 Å². The number of carbonyl (C=O) groups is 2. The number of benzene rings is 1. The summed E-state index contributed by atoms with van der Waals surface area (Å²) in [6.45, 7) is 2.34. The second kappa shape index (κ2) is 6.69. The average molecular weight is 391 g/mol. The number of likely N-dealkylation sites (tertiary alicyclic amines) is 1. The van der Waals surface area contributed by atoms with Crippen LogP contribution in [0.2, 0.25) is 0 Å². The highest BCUT2D eigenvalue weighted by Gasteiger charge is 2.41. The fourth-order valence-corrected chi connectivity index (χ4v) is 4.30. The summed E-state index contributed by atoms with van der Waals surface area (Å²) in [5, 5.41) is 14.4. The summed E-state index contributed by atoms with van der Waals surface area (Å²) in [4.78, 5) is 31.6. The van der Waals surface area contributed by atoms with Gasteiger partial charge in [-0.2, -0.15) is 0 Å². The Hall–Kier alpha value is -3.22. The lowest BCUT2D eigenvalue weighted by molar-refractivity contribution is -0.141. The first-order valence-corrected chi connectivity index (χ1v) is 9.87. The maximum absolute atomic E-state index is 13.5. The molecule has 1 aliphatic heterocycles. The van der Waals surface area contributed by atoms with Gasteiger partial charge in [-0.25, -0.2) is 4.98 Å². The van der Waals surface area contributed by atoms with Crippen molar-refractivity contribution < 1.29 is 19.2 Å². The number of pyridine rings is 1. The summed E-state index contributed by atoms with van der Waals surface area (Å²) in [5.41, 5.74) is 3.30. The van der Waals surface area contributed by atoms with E-state index in [-0.39, 0.29) is 18.4 Å². The molecule has 2 fully saturated rings. The lowest BCUT2D eigenvalue weighted by Crippen LogP contribution is -2.30. The molecule has 0 unspecified atom stereocenters. The normalized spacial score (nSPS) is 21.6. The molecule has 1 saturated carbocycles. The van der Waals surface area contributed by atoms with Gasteiger partial charge >= 0.3 is 5.97 Å². The van der Waals surface area contributed by atoms with E-state index in [1.54, 1.807) is 11.8 Å². The summed E-state index contributed by atoms with van der Waals surface area (Å²) < 4.78 is 5.34. The molecule has 1 amide bonds. The number of nitrogens with zero attached hydrogens (tertiary/aromatic N) is 3. The molecule has 3 aromatic rings. The molecule has 5 rings (SSSR count). The predicted molar refractivity (Wildman–Crippen MR) is 105 cm³/mol. The lowest BCUT2D eigenvalue weighted by Gasteiger charge is -2.17. The zero-order valence-electron chi connectivity index (χ0n) is 16.0. The molecule has 2 atom stereocenters. The smallest absolute Gasteiger partial charge is 0.308 e. The molecule has 1 aliphatic carbocycles. The summed E-state index contributed by atoms with van der Waals surface area (Å²) in [6.07, 6.45) is 2.11. The molecule has 0 spiro atoms. The minimum atomic E-state index is -0.881. The van der Waals surface area contributed by atoms with Crippen molar-refractivity contribution in [1.82, 2.24) is 15.0 Å². The molecule has 3 heterocycles. The Morgan fingerprint density at radius 2 is 1.93 bits per heavy atom. The zero-order valence-corrected chi connectivity index (χ0v) is 16.0. The minimum absolute atomic E-state index is 0.181. The number of carboxylic acids is 1. The van der Waals surface area contributed by atoms with E-state index >= 15 is 0 Å². The van der Waals surface area contributed by atoms with Gasteiger partial charge in [-0.3, -0.25) is 9.59 Å². The van der Waals surface area contributed by atoms with E-state index in [1.165, 1.54) is 0 Å². The van der Waals surface area contributed by atoms with Crippen LogP contribution in [-0.2, 0) is 4.79 Å². The first kappa shape index (κ1) is 17.8. The standard InChI is InChI=1S/C22H21N3O4/c1-12-19-15(9-18(14-7-8-14)23-20(19)29-24-12)21(26)25-10-16(17(11-25)22(27)28)13-5-3-2-4-6-13/h2-6,9,14,16-17H,7-8,10-11H2,1H3,(H,27,28)/t16-,17+/m1/s1. The van der Waals surface area contributed by atoms with Gasteiger partial charge in [0, 0.05) is 30.6 Å². The Morgan fingerprint density at radius 3 is 2.62 bits per heavy atom. The number of fused-ring (bicyclic) bond motifs is 1. The monoisotopic (exact) mass is 391 g/mol. The quantitative estimate of drug-likeness (QED) is 0.733. The van der Waals surface area contributed by atoms with Gasteiger partial charge < -0.3 is 14.5 Å². The van der Waals surface area contributed by atoms with Crippen LogP contribution in [-0.4, -0.2) is 45.1 Å². The van der Waals surface area contributed by atoms with Crippen molar-refractivity contribution in [2.45, 2.75) is 31.6 Å². The van der Waals surface area contributed by atoms with Crippen molar-refractivity contribution in [3.8, 4) is 0 Å². The minimum Gasteiger partial charge on any atom is -0.481 e. The van der Waals surface area contributed by atoms with Crippen LogP contribution in [0.15, 0.2) is 40.9 Å². The number of aryl methyl sites for hydroxylation is 1. The van der Waals surface area contributed by atoms with Crippen molar-refractivity contribution in [1.29, 1.82) is 0 Å². The first-order valence-electron chi connectivity index (χ1n) is 9.87. The van der Waals surface area contributed by atoms with Crippen LogP contribution in [0.4, 0.5) is 0 Å². The fourth-order valence-electron chi connectivity index (χ4n) is 4.30. The van der Waals surface area contributed by atoms with Gasteiger partial charge in [0.25, 0.3) is 11.6 Å². The molecule has 0 bridgehead atoms. The summed E-state index contributed by atoms with van der Waals surface area (Å²) in [7, 11) is 0. The number of carboxylic acid groups (broad SMARTS) is 1. The van der Waals surface area contributed by atoms with E-state index in [4.69, 9.17) is 4.52 Å². The molecule has 1 saturated heterocycles. The summed E-state index contributed by atoms with van der Waals surface area (Å²) in [6, 6.07) is 11.4. The number of carbonyl (C=O) groups excluding carboxylic acids is 1. The van der Waals surface area contributed by atoms with Crippen molar-refractivity contribution in [3.63, 3.8) is 0 Å². The van der Waals surface area contributed by atoms with E-state index in [9.17, 15) is 14.7 Å². The van der Waals surface area contributed by atoms with Crippen LogP contribution in [0.3, 0.4) is 0 Å². The van der Waals surface area contributed by atoms with Gasteiger partial charge in [0.1, 0.15) is 0 Å². The molecule has 148 valence electrons. The van der Waals surface area contributed by atoms with Crippen LogP contribution >= 0.6 is 0 Å². The largest absolute Gasteiger partial charge is 0.481 e. The van der Waals surface area contributed by atoms with Crippen LogP contribution in [0.1, 0.15) is 52.0 Å². The highest BCUT2D eigenvalue weighted by molar-refractivity contribution is 6.06. The second-order valence-electron chi connectivity index (χ2n) is 7.99. The van der Waals surface area contributed by atoms with Gasteiger partial charge in [0.15, 0.2) is 0 Å². The van der Waals surface area contributed by atoms with Crippen molar-refractivity contribution in [3.05, 3.63) is 58.9 Å².